The van der Waals surface area contributed by atoms with E-state index < -0.39 is 17.5 Å². The minimum atomic E-state index is -0.603. The number of carbonyl (C=O) groups is 2. The lowest BCUT2D eigenvalue weighted by Crippen LogP contribution is -2.16. The number of rotatable bonds is 3. The molecule has 0 aliphatic heterocycles. The number of aryl methyl sites for hydroxylation is 1. The van der Waals surface area contributed by atoms with Crippen LogP contribution in [0, 0.1) is 13.8 Å². The van der Waals surface area contributed by atoms with Crippen LogP contribution in [0.15, 0.2) is 39.5 Å². The highest BCUT2D eigenvalue weighted by molar-refractivity contribution is 7.16. The SMILES string of the molecule is COC(=O)c1c(NC(=O)c2cc3ccccc3c(=O)o2)sc(C)c1C. The molecule has 3 rings (SSSR count). The van der Waals surface area contributed by atoms with Crippen molar-refractivity contribution in [2.75, 3.05) is 12.4 Å². The average molecular weight is 357 g/mol. The number of methoxy groups -OCH3 is 1. The van der Waals surface area contributed by atoms with Gasteiger partial charge in [-0.1, -0.05) is 18.2 Å². The molecule has 1 N–H and O–H groups in total. The molecule has 25 heavy (non-hydrogen) atoms. The van der Waals surface area contributed by atoms with Gasteiger partial charge in [-0.15, -0.1) is 11.3 Å². The van der Waals surface area contributed by atoms with E-state index in [0.29, 0.717) is 21.3 Å². The quantitative estimate of drug-likeness (QED) is 0.725. The molecular formula is C18H15NO5S. The van der Waals surface area contributed by atoms with Crippen LogP contribution in [0.25, 0.3) is 10.8 Å². The number of esters is 1. The Hall–Kier alpha value is -2.93. The molecule has 0 atom stereocenters. The summed E-state index contributed by atoms with van der Waals surface area (Å²) in [4.78, 5) is 37.4. The number of carbonyl (C=O) groups excluding carboxylic acids is 2. The first-order valence-electron chi connectivity index (χ1n) is 7.45. The zero-order valence-corrected chi connectivity index (χ0v) is 14.7. The lowest BCUT2D eigenvalue weighted by molar-refractivity contribution is 0.0601. The minimum absolute atomic E-state index is 0.122. The second-order valence-electron chi connectivity index (χ2n) is 5.42. The first-order chi connectivity index (χ1) is 11.9. The van der Waals surface area contributed by atoms with E-state index in [1.165, 1.54) is 24.5 Å². The molecular weight excluding hydrogens is 342 g/mol. The van der Waals surface area contributed by atoms with Crippen molar-refractivity contribution in [2.45, 2.75) is 13.8 Å². The highest BCUT2D eigenvalue weighted by Crippen LogP contribution is 2.33. The molecule has 0 bridgehead atoms. The van der Waals surface area contributed by atoms with Gasteiger partial charge in [0.2, 0.25) is 0 Å². The normalized spacial score (nSPS) is 10.7. The standard InChI is InChI=1S/C18H15NO5S/c1-9-10(2)25-16(14(9)18(22)23-3)19-15(20)13-8-11-6-4-5-7-12(11)17(21)24-13/h4-8H,1-3H3,(H,19,20). The summed E-state index contributed by atoms with van der Waals surface area (Å²) in [5.41, 5.74) is 0.462. The van der Waals surface area contributed by atoms with E-state index in [1.807, 2.05) is 6.92 Å². The predicted molar refractivity (Wildman–Crippen MR) is 95.6 cm³/mol. The fourth-order valence-corrected chi connectivity index (χ4v) is 3.52. The zero-order valence-electron chi connectivity index (χ0n) is 13.8. The summed E-state index contributed by atoms with van der Waals surface area (Å²) >= 11 is 1.26. The number of hydrogen-bond acceptors (Lipinski definition) is 6. The Morgan fingerprint density at radius 2 is 1.92 bits per heavy atom. The van der Waals surface area contributed by atoms with Gasteiger partial charge < -0.3 is 14.5 Å². The number of nitrogens with one attached hydrogen (secondary N) is 1. The van der Waals surface area contributed by atoms with Crippen molar-refractivity contribution in [1.29, 1.82) is 0 Å². The number of amides is 1. The van der Waals surface area contributed by atoms with Gasteiger partial charge in [0.25, 0.3) is 5.91 Å². The third-order valence-electron chi connectivity index (χ3n) is 3.90. The largest absolute Gasteiger partial charge is 0.465 e. The summed E-state index contributed by atoms with van der Waals surface area (Å²) in [7, 11) is 1.28. The molecule has 128 valence electrons. The van der Waals surface area contributed by atoms with Crippen LogP contribution in [0.5, 0.6) is 0 Å². The maximum absolute atomic E-state index is 12.5. The van der Waals surface area contributed by atoms with E-state index >= 15 is 0 Å². The van der Waals surface area contributed by atoms with Gasteiger partial charge in [0.05, 0.1) is 18.1 Å². The van der Waals surface area contributed by atoms with Gasteiger partial charge >= 0.3 is 11.6 Å². The van der Waals surface area contributed by atoms with Gasteiger partial charge in [0.1, 0.15) is 5.00 Å². The van der Waals surface area contributed by atoms with Crippen molar-refractivity contribution in [3.63, 3.8) is 0 Å². The molecule has 6 nitrogen and oxygen atoms in total. The van der Waals surface area contributed by atoms with Crippen LogP contribution in [0.1, 0.15) is 31.4 Å². The Morgan fingerprint density at radius 1 is 1.20 bits per heavy atom. The molecule has 0 radical (unpaired) electrons. The van der Waals surface area contributed by atoms with E-state index in [0.717, 1.165) is 10.4 Å². The van der Waals surface area contributed by atoms with Crippen molar-refractivity contribution in [2.24, 2.45) is 0 Å². The van der Waals surface area contributed by atoms with Gasteiger partial charge in [-0.25, -0.2) is 9.59 Å². The summed E-state index contributed by atoms with van der Waals surface area (Å²) in [5, 5.41) is 4.01. The van der Waals surface area contributed by atoms with Gasteiger partial charge in [-0.3, -0.25) is 4.79 Å². The van der Waals surface area contributed by atoms with E-state index in [9.17, 15) is 14.4 Å². The smallest absolute Gasteiger partial charge is 0.344 e. The summed E-state index contributed by atoms with van der Waals surface area (Å²) in [6.45, 7) is 3.63. The second kappa shape index (κ2) is 6.52. The number of ether oxygens (including phenoxy) is 1. The van der Waals surface area contributed by atoms with Crippen molar-refractivity contribution in [1.82, 2.24) is 0 Å². The predicted octanol–water partition coefficient (Wildman–Crippen LogP) is 3.51. The van der Waals surface area contributed by atoms with Crippen LogP contribution >= 0.6 is 11.3 Å². The number of hydrogen-bond donors (Lipinski definition) is 1. The molecule has 0 fully saturated rings. The Morgan fingerprint density at radius 3 is 2.64 bits per heavy atom. The van der Waals surface area contributed by atoms with Gasteiger partial charge in [-0.2, -0.15) is 0 Å². The monoisotopic (exact) mass is 357 g/mol. The third-order valence-corrected chi connectivity index (χ3v) is 5.02. The minimum Gasteiger partial charge on any atom is -0.465 e. The fraction of sp³-hybridized carbons (Fsp3) is 0.167. The highest BCUT2D eigenvalue weighted by atomic mass is 32.1. The molecule has 2 heterocycles. The number of benzene rings is 1. The number of anilines is 1. The van der Waals surface area contributed by atoms with E-state index in [4.69, 9.17) is 9.15 Å². The van der Waals surface area contributed by atoms with Crippen LogP contribution in [0.2, 0.25) is 0 Å². The molecule has 0 aliphatic rings. The molecule has 0 aliphatic carbocycles. The van der Waals surface area contributed by atoms with Crippen molar-refractivity contribution < 1.29 is 18.7 Å². The summed E-state index contributed by atoms with van der Waals surface area (Å²) in [6.07, 6.45) is 0. The lowest BCUT2D eigenvalue weighted by atomic mass is 10.1. The maximum atomic E-state index is 12.5. The molecule has 0 spiro atoms. The molecule has 2 aromatic heterocycles. The van der Waals surface area contributed by atoms with Crippen LogP contribution in [-0.2, 0) is 4.74 Å². The zero-order chi connectivity index (χ0) is 18.1. The van der Waals surface area contributed by atoms with E-state index in [-0.39, 0.29) is 5.76 Å². The molecule has 1 amide bonds. The van der Waals surface area contributed by atoms with Crippen LogP contribution in [0.3, 0.4) is 0 Å². The second-order valence-corrected chi connectivity index (χ2v) is 6.64. The van der Waals surface area contributed by atoms with Crippen molar-refractivity contribution >= 4 is 39.0 Å². The van der Waals surface area contributed by atoms with Crippen molar-refractivity contribution in [3.8, 4) is 0 Å². The molecule has 1 aromatic carbocycles. The maximum Gasteiger partial charge on any atom is 0.344 e. The molecule has 0 saturated heterocycles. The van der Waals surface area contributed by atoms with Crippen LogP contribution < -0.4 is 10.9 Å². The average Bonchev–Trinajstić information content (AvgIpc) is 2.88. The van der Waals surface area contributed by atoms with E-state index in [1.54, 1.807) is 31.2 Å². The summed E-state index contributed by atoms with van der Waals surface area (Å²) in [6, 6.07) is 8.34. The first kappa shape index (κ1) is 16.9. The van der Waals surface area contributed by atoms with Gasteiger partial charge in [-0.05, 0) is 36.9 Å². The number of fused-ring (bicyclic) bond motifs is 1. The highest BCUT2D eigenvalue weighted by Gasteiger charge is 2.23. The molecule has 3 aromatic rings. The topological polar surface area (TPSA) is 85.6 Å². The Balaban J connectivity index is 2.00. The van der Waals surface area contributed by atoms with E-state index in [2.05, 4.69) is 5.32 Å². The molecule has 0 saturated carbocycles. The first-order valence-corrected chi connectivity index (χ1v) is 8.26. The van der Waals surface area contributed by atoms with Gasteiger partial charge in [0.15, 0.2) is 5.76 Å². The van der Waals surface area contributed by atoms with Gasteiger partial charge in [0, 0.05) is 4.88 Å². The Bertz CT molecular complexity index is 1050. The third kappa shape index (κ3) is 3.06. The summed E-state index contributed by atoms with van der Waals surface area (Å²) < 4.78 is 9.89. The molecule has 0 unspecified atom stereocenters. The summed E-state index contributed by atoms with van der Waals surface area (Å²) in [5.74, 6) is -1.26. The van der Waals surface area contributed by atoms with Crippen molar-refractivity contribution in [3.05, 3.63) is 62.5 Å². The lowest BCUT2D eigenvalue weighted by Gasteiger charge is -2.06. The van der Waals surface area contributed by atoms with Crippen LogP contribution in [0.4, 0.5) is 5.00 Å². The number of thiophene rings is 1. The van der Waals surface area contributed by atoms with Crippen LogP contribution in [-0.4, -0.2) is 19.0 Å². The Kier molecular flexibility index (Phi) is 4.41. The fourth-order valence-electron chi connectivity index (χ4n) is 2.47. The Labute approximate surface area is 147 Å². The molecule has 7 heteroatoms.